The molecule has 1 aromatic carbocycles. The van der Waals surface area contributed by atoms with Crippen LogP contribution in [0.25, 0.3) is 0 Å². The molecule has 0 spiro atoms. The molecule has 0 bridgehead atoms. The average Bonchev–Trinajstić information content (AvgIpc) is 3.29. The van der Waals surface area contributed by atoms with Gasteiger partial charge in [0, 0.05) is 44.0 Å². The van der Waals surface area contributed by atoms with E-state index >= 15 is 0 Å². The fourth-order valence-corrected chi connectivity index (χ4v) is 4.42. The first-order valence-corrected chi connectivity index (χ1v) is 10.6. The van der Waals surface area contributed by atoms with Crippen molar-refractivity contribution >= 4 is 40.7 Å². The van der Waals surface area contributed by atoms with E-state index in [4.69, 9.17) is 0 Å². The molecule has 0 aliphatic carbocycles. The van der Waals surface area contributed by atoms with Crippen molar-refractivity contribution in [3.63, 3.8) is 0 Å². The second-order valence-corrected chi connectivity index (χ2v) is 8.52. The first-order valence-electron chi connectivity index (χ1n) is 9.81. The second kappa shape index (κ2) is 8.37. The van der Waals surface area contributed by atoms with Crippen molar-refractivity contribution in [1.29, 1.82) is 0 Å². The van der Waals surface area contributed by atoms with Gasteiger partial charge in [-0.15, -0.1) is 11.3 Å². The number of nitrogens with one attached hydrogen (secondary N) is 2. The van der Waals surface area contributed by atoms with Crippen molar-refractivity contribution in [3.05, 3.63) is 51.2 Å². The van der Waals surface area contributed by atoms with Crippen LogP contribution in [0.1, 0.15) is 41.7 Å². The summed E-state index contributed by atoms with van der Waals surface area (Å²) in [6.45, 7) is 4.66. The van der Waals surface area contributed by atoms with Crippen LogP contribution >= 0.6 is 11.3 Å². The molecule has 2 aromatic rings. The number of carbonyl (C=O) groups is 4. The van der Waals surface area contributed by atoms with Gasteiger partial charge >= 0.3 is 0 Å². The highest BCUT2D eigenvalue weighted by Gasteiger charge is 2.38. The Kier molecular flexibility index (Phi) is 5.65. The molecule has 2 aliphatic heterocycles. The summed E-state index contributed by atoms with van der Waals surface area (Å²) in [4.78, 5) is 55.0. The normalized spacial score (nSPS) is 16.0. The van der Waals surface area contributed by atoms with Crippen molar-refractivity contribution in [2.75, 3.05) is 38.0 Å². The lowest BCUT2D eigenvalue weighted by Crippen LogP contribution is -2.47. The molecule has 30 heavy (non-hydrogen) atoms. The Morgan fingerprint density at radius 1 is 1.10 bits per heavy atom. The molecular weight excluding hydrogens is 404 g/mol. The van der Waals surface area contributed by atoms with Crippen LogP contribution in [0.2, 0.25) is 0 Å². The molecule has 4 rings (SSSR count). The van der Waals surface area contributed by atoms with Gasteiger partial charge in [-0.25, -0.2) is 0 Å². The van der Waals surface area contributed by atoms with Crippen LogP contribution < -0.4 is 10.6 Å². The molecule has 0 atom stereocenters. The molecule has 0 unspecified atom stereocenters. The number of amides is 4. The number of anilines is 1. The highest BCUT2D eigenvalue weighted by molar-refractivity contribution is 7.14. The summed E-state index contributed by atoms with van der Waals surface area (Å²) in [5.41, 5.74) is 0.728. The van der Waals surface area contributed by atoms with E-state index in [1.807, 2.05) is 13.0 Å². The van der Waals surface area contributed by atoms with Gasteiger partial charge in [0.05, 0.1) is 21.7 Å². The molecule has 3 heterocycles. The molecule has 2 aliphatic rings. The third-order valence-electron chi connectivity index (χ3n) is 5.23. The molecule has 4 amide bonds. The van der Waals surface area contributed by atoms with Crippen molar-refractivity contribution in [3.8, 4) is 0 Å². The van der Waals surface area contributed by atoms with E-state index in [1.165, 1.54) is 11.3 Å². The third-order valence-corrected chi connectivity index (χ3v) is 6.23. The number of hydrogen-bond donors (Lipinski definition) is 2. The van der Waals surface area contributed by atoms with Crippen LogP contribution in [0.3, 0.4) is 0 Å². The summed E-state index contributed by atoms with van der Waals surface area (Å²) in [6, 6.07) is 8.38. The van der Waals surface area contributed by atoms with E-state index in [9.17, 15) is 19.2 Å². The quantitative estimate of drug-likeness (QED) is 0.710. The molecule has 156 valence electrons. The van der Waals surface area contributed by atoms with E-state index in [1.54, 1.807) is 29.2 Å². The Bertz CT molecular complexity index is 1030. The van der Waals surface area contributed by atoms with Crippen molar-refractivity contribution < 1.29 is 19.2 Å². The predicted molar refractivity (Wildman–Crippen MR) is 113 cm³/mol. The maximum absolute atomic E-state index is 13.0. The summed E-state index contributed by atoms with van der Waals surface area (Å²) in [5.74, 6) is -1.32. The summed E-state index contributed by atoms with van der Waals surface area (Å²) in [6.07, 6.45) is 0.0850. The van der Waals surface area contributed by atoms with Gasteiger partial charge in [0.25, 0.3) is 17.7 Å². The van der Waals surface area contributed by atoms with E-state index in [0.29, 0.717) is 23.7 Å². The number of nitrogens with zero attached hydrogens (tertiary/aromatic N) is 2. The maximum Gasteiger partial charge on any atom is 0.265 e. The molecule has 0 radical (unpaired) electrons. The van der Waals surface area contributed by atoms with Crippen molar-refractivity contribution in [2.24, 2.45) is 0 Å². The highest BCUT2D eigenvalue weighted by Crippen LogP contribution is 2.30. The van der Waals surface area contributed by atoms with Crippen LogP contribution in [0.15, 0.2) is 30.3 Å². The smallest absolute Gasteiger partial charge is 0.265 e. The zero-order chi connectivity index (χ0) is 21.3. The Morgan fingerprint density at radius 3 is 2.57 bits per heavy atom. The van der Waals surface area contributed by atoms with Crippen LogP contribution in [0.5, 0.6) is 0 Å². The number of rotatable bonds is 5. The number of carbonyl (C=O) groups excluding carboxylic acids is 4. The monoisotopic (exact) mass is 426 g/mol. The summed E-state index contributed by atoms with van der Waals surface area (Å²) in [7, 11) is 0. The van der Waals surface area contributed by atoms with E-state index in [2.05, 4.69) is 10.6 Å². The standard InChI is InChI=1S/C21H22N4O4S/c1-13-5-6-16(30-13)19(27)23-15-4-2-3-14-18(15)21(29)25(20(14)28)10-7-17(26)24-11-8-22-9-12-24/h2-6,22H,7-12H2,1H3,(H,23,27). The summed E-state index contributed by atoms with van der Waals surface area (Å²) < 4.78 is 0. The summed E-state index contributed by atoms with van der Waals surface area (Å²) >= 11 is 1.35. The number of thiophene rings is 1. The maximum atomic E-state index is 13.0. The number of imide groups is 1. The summed E-state index contributed by atoms with van der Waals surface area (Å²) in [5, 5.41) is 5.93. The number of hydrogen-bond acceptors (Lipinski definition) is 6. The van der Waals surface area contributed by atoms with Crippen LogP contribution in [-0.2, 0) is 4.79 Å². The van der Waals surface area contributed by atoms with Crippen molar-refractivity contribution in [2.45, 2.75) is 13.3 Å². The molecule has 1 fully saturated rings. The van der Waals surface area contributed by atoms with E-state index < -0.39 is 11.8 Å². The van der Waals surface area contributed by atoms with Gasteiger partial charge in [-0.3, -0.25) is 24.1 Å². The molecule has 8 nitrogen and oxygen atoms in total. The largest absolute Gasteiger partial charge is 0.340 e. The highest BCUT2D eigenvalue weighted by atomic mass is 32.1. The minimum atomic E-state index is -0.485. The first-order chi connectivity index (χ1) is 14.5. The lowest BCUT2D eigenvalue weighted by atomic mass is 10.1. The minimum absolute atomic E-state index is 0.0205. The van der Waals surface area contributed by atoms with Crippen molar-refractivity contribution in [1.82, 2.24) is 15.1 Å². The molecule has 1 aromatic heterocycles. The fraction of sp³-hybridized carbons (Fsp3) is 0.333. The van der Waals surface area contributed by atoms with Crippen LogP contribution in [-0.4, -0.2) is 66.2 Å². The number of fused-ring (bicyclic) bond motifs is 1. The Hall–Kier alpha value is -3.04. The van der Waals surface area contributed by atoms with Gasteiger partial charge in [-0.1, -0.05) is 6.07 Å². The zero-order valence-electron chi connectivity index (χ0n) is 16.6. The lowest BCUT2D eigenvalue weighted by Gasteiger charge is -2.28. The average molecular weight is 426 g/mol. The first kappa shape index (κ1) is 20.2. The molecular formula is C21H22N4O4S. The third kappa shape index (κ3) is 3.86. The Balaban J connectivity index is 1.48. The van der Waals surface area contributed by atoms with E-state index in [0.717, 1.165) is 22.9 Å². The van der Waals surface area contributed by atoms with Gasteiger partial charge in [-0.2, -0.15) is 0 Å². The van der Waals surface area contributed by atoms with Crippen LogP contribution in [0.4, 0.5) is 5.69 Å². The Morgan fingerprint density at radius 2 is 1.87 bits per heavy atom. The number of piperazine rings is 1. The fourth-order valence-electron chi connectivity index (χ4n) is 3.66. The van der Waals surface area contributed by atoms with Gasteiger partial charge in [0.2, 0.25) is 5.91 Å². The SMILES string of the molecule is Cc1ccc(C(=O)Nc2cccc3c2C(=O)N(CCC(=O)N2CCNCC2)C3=O)s1. The zero-order valence-corrected chi connectivity index (χ0v) is 17.4. The number of benzene rings is 1. The predicted octanol–water partition coefficient (Wildman–Crippen LogP) is 1.73. The Labute approximate surface area is 177 Å². The second-order valence-electron chi connectivity index (χ2n) is 7.24. The molecule has 9 heteroatoms. The van der Waals surface area contributed by atoms with Gasteiger partial charge < -0.3 is 15.5 Å². The van der Waals surface area contributed by atoms with Crippen LogP contribution in [0, 0.1) is 6.92 Å². The molecule has 0 saturated carbocycles. The van der Waals surface area contributed by atoms with Gasteiger partial charge in [0.1, 0.15) is 0 Å². The van der Waals surface area contributed by atoms with Gasteiger partial charge in [-0.05, 0) is 31.2 Å². The minimum Gasteiger partial charge on any atom is -0.340 e. The molecule has 2 N–H and O–H groups in total. The van der Waals surface area contributed by atoms with Gasteiger partial charge in [0.15, 0.2) is 0 Å². The molecule has 1 saturated heterocycles. The topological polar surface area (TPSA) is 98.8 Å². The van der Waals surface area contributed by atoms with E-state index in [-0.39, 0.29) is 35.9 Å². The number of aryl methyl sites for hydroxylation is 1. The lowest BCUT2D eigenvalue weighted by molar-refractivity contribution is -0.131.